The number of anilines is 3. The van der Waals surface area contributed by atoms with E-state index in [1.165, 1.54) is 18.2 Å². The summed E-state index contributed by atoms with van der Waals surface area (Å²) in [6.07, 6.45) is 1.60. The topological polar surface area (TPSA) is 54.0 Å². The van der Waals surface area contributed by atoms with Crippen LogP contribution < -0.4 is 10.6 Å². The molecule has 2 aromatic carbocycles. The molecule has 0 radical (unpaired) electrons. The van der Waals surface area contributed by atoms with Crippen molar-refractivity contribution in [1.29, 1.82) is 0 Å². The van der Waals surface area contributed by atoms with Crippen molar-refractivity contribution in [2.75, 3.05) is 10.6 Å². The number of benzene rings is 2. The number of nitrogens with zero attached hydrogens (tertiary/aromatic N) is 1. The van der Waals surface area contributed by atoms with Gasteiger partial charge in [0.2, 0.25) is 0 Å². The van der Waals surface area contributed by atoms with Crippen molar-refractivity contribution in [3.63, 3.8) is 0 Å². The van der Waals surface area contributed by atoms with Crippen LogP contribution in [-0.2, 0) is 0 Å². The fraction of sp³-hybridized carbons (Fsp3) is 0. The Morgan fingerprint density at radius 1 is 1.00 bits per heavy atom. The predicted octanol–water partition coefficient (Wildman–Crippen LogP) is 4.98. The van der Waals surface area contributed by atoms with E-state index in [-0.39, 0.29) is 5.91 Å². The second-order valence-electron chi connectivity index (χ2n) is 5.00. The Hall–Kier alpha value is -2.73. The Kier molecular flexibility index (Phi) is 4.86. The summed E-state index contributed by atoms with van der Waals surface area (Å²) < 4.78 is 14.2. The fourth-order valence-electron chi connectivity index (χ4n) is 2.16. The molecule has 0 spiro atoms. The van der Waals surface area contributed by atoms with Crippen LogP contribution in [0.2, 0.25) is 0 Å². The van der Waals surface area contributed by atoms with Crippen LogP contribution in [0.1, 0.15) is 10.4 Å². The molecule has 3 aromatic rings. The molecule has 0 atom stereocenters. The molecule has 0 aliphatic carbocycles. The minimum absolute atomic E-state index is 0.363. The van der Waals surface area contributed by atoms with Crippen LogP contribution in [0.5, 0.6) is 0 Å². The largest absolute Gasteiger partial charge is 0.340 e. The molecule has 0 aliphatic heterocycles. The lowest BCUT2D eigenvalue weighted by Crippen LogP contribution is -2.14. The lowest BCUT2D eigenvalue weighted by atomic mass is 10.2. The molecule has 0 saturated heterocycles. The summed E-state index contributed by atoms with van der Waals surface area (Å²) >= 11 is 3.40. The van der Waals surface area contributed by atoms with E-state index in [0.717, 1.165) is 10.2 Å². The van der Waals surface area contributed by atoms with Crippen molar-refractivity contribution >= 4 is 39.0 Å². The van der Waals surface area contributed by atoms with Crippen LogP contribution in [0.25, 0.3) is 0 Å². The first kappa shape index (κ1) is 16.1. The van der Waals surface area contributed by atoms with Crippen LogP contribution in [0.15, 0.2) is 71.3 Å². The van der Waals surface area contributed by atoms with Crippen molar-refractivity contribution in [2.24, 2.45) is 0 Å². The third-order valence-electron chi connectivity index (χ3n) is 3.22. The number of hydrogen-bond acceptors (Lipinski definition) is 3. The van der Waals surface area contributed by atoms with Crippen LogP contribution in [-0.4, -0.2) is 10.9 Å². The lowest BCUT2D eigenvalue weighted by Gasteiger charge is -2.11. The number of rotatable bonds is 4. The Bertz CT molecular complexity index is 885. The SMILES string of the molecule is O=C(Nc1cccc(F)c1)c1cccnc1Nc1cccc(Br)c1. The van der Waals surface area contributed by atoms with Crippen molar-refractivity contribution in [3.05, 3.63) is 82.7 Å². The molecule has 0 unspecified atom stereocenters. The Morgan fingerprint density at radius 3 is 2.58 bits per heavy atom. The normalized spacial score (nSPS) is 10.2. The molecule has 120 valence electrons. The quantitative estimate of drug-likeness (QED) is 0.665. The number of aromatic nitrogens is 1. The molecule has 2 N–H and O–H groups in total. The summed E-state index contributed by atoms with van der Waals surface area (Å²) in [5.41, 5.74) is 1.54. The summed E-state index contributed by atoms with van der Waals surface area (Å²) in [4.78, 5) is 16.7. The maximum atomic E-state index is 13.2. The van der Waals surface area contributed by atoms with Gasteiger partial charge in [0.15, 0.2) is 0 Å². The van der Waals surface area contributed by atoms with Gasteiger partial charge in [0, 0.05) is 22.0 Å². The molecule has 24 heavy (non-hydrogen) atoms. The summed E-state index contributed by atoms with van der Waals surface area (Å²) in [6, 6.07) is 16.6. The lowest BCUT2D eigenvalue weighted by molar-refractivity contribution is 0.102. The van der Waals surface area contributed by atoms with Gasteiger partial charge in [0.25, 0.3) is 5.91 Å². The molecule has 3 rings (SSSR count). The van der Waals surface area contributed by atoms with Crippen molar-refractivity contribution in [2.45, 2.75) is 0 Å². The monoisotopic (exact) mass is 385 g/mol. The van der Waals surface area contributed by atoms with Crippen LogP contribution in [0, 0.1) is 5.82 Å². The highest BCUT2D eigenvalue weighted by atomic mass is 79.9. The van der Waals surface area contributed by atoms with Crippen molar-refractivity contribution < 1.29 is 9.18 Å². The van der Waals surface area contributed by atoms with Gasteiger partial charge >= 0.3 is 0 Å². The average molecular weight is 386 g/mol. The van der Waals surface area contributed by atoms with E-state index < -0.39 is 5.82 Å². The van der Waals surface area contributed by atoms with Gasteiger partial charge in [-0.05, 0) is 48.5 Å². The zero-order valence-corrected chi connectivity index (χ0v) is 14.0. The fourth-order valence-corrected chi connectivity index (χ4v) is 2.55. The molecule has 1 heterocycles. The highest BCUT2D eigenvalue weighted by Crippen LogP contribution is 2.22. The molecule has 1 amide bonds. The van der Waals surface area contributed by atoms with Crippen molar-refractivity contribution in [1.82, 2.24) is 4.98 Å². The number of carbonyl (C=O) groups excluding carboxylic acids is 1. The van der Waals surface area contributed by atoms with Gasteiger partial charge in [0.05, 0.1) is 5.56 Å². The number of carbonyl (C=O) groups is 1. The molecule has 6 heteroatoms. The first-order valence-electron chi connectivity index (χ1n) is 7.16. The molecular weight excluding hydrogens is 373 g/mol. The smallest absolute Gasteiger partial charge is 0.259 e. The minimum Gasteiger partial charge on any atom is -0.340 e. The standard InChI is InChI=1S/C18H13BrFN3O/c19-12-4-1-6-14(10-12)22-17-16(8-3-9-21-17)18(24)23-15-7-2-5-13(20)11-15/h1-11H,(H,21,22)(H,23,24). The number of halogens is 2. The number of amides is 1. The van der Waals surface area contributed by atoms with Gasteiger partial charge < -0.3 is 10.6 Å². The van der Waals surface area contributed by atoms with E-state index in [2.05, 4.69) is 31.5 Å². The molecule has 0 fully saturated rings. The molecule has 4 nitrogen and oxygen atoms in total. The number of pyridine rings is 1. The van der Waals surface area contributed by atoms with Gasteiger partial charge in [-0.2, -0.15) is 0 Å². The summed E-state index contributed by atoms with van der Waals surface area (Å²) in [5, 5.41) is 5.78. The summed E-state index contributed by atoms with van der Waals surface area (Å²) in [5.74, 6) is -0.359. The Morgan fingerprint density at radius 2 is 1.79 bits per heavy atom. The van der Waals surface area contributed by atoms with E-state index in [4.69, 9.17) is 0 Å². The summed E-state index contributed by atoms with van der Waals surface area (Å²) in [6.45, 7) is 0. The van der Waals surface area contributed by atoms with Gasteiger partial charge in [0.1, 0.15) is 11.6 Å². The van der Waals surface area contributed by atoms with Gasteiger partial charge in [-0.3, -0.25) is 4.79 Å². The maximum absolute atomic E-state index is 13.2. The maximum Gasteiger partial charge on any atom is 0.259 e. The average Bonchev–Trinajstić information content (AvgIpc) is 2.55. The predicted molar refractivity (Wildman–Crippen MR) is 96.0 cm³/mol. The van der Waals surface area contributed by atoms with Crippen LogP contribution in [0.3, 0.4) is 0 Å². The second-order valence-corrected chi connectivity index (χ2v) is 5.92. The third kappa shape index (κ3) is 3.97. The summed E-state index contributed by atoms with van der Waals surface area (Å²) in [7, 11) is 0. The first-order valence-corrected chi connectivity index (χ1v) is 7.95. The second kappa shape index (κ2) is 7.23. The highest BCUT2D eigenvalue weighted by Gasteiger charge is 2.13. The van der Waals surface area contributed by atoms with Gasteiger partial charge in [-0.1, -0.05) is 28.1 Å². The zero-order chi connectivity index (χ0) is 16.9. The van der Waals surface area contributed by atoms with Gasteiger partial charge in [-0.25, -0.2) is 9.37 Å². The van der Waals surface area contributed by atoms with Crippen molar-refractivity contribution in [3.8, 4) is 0 Å². The Balaban J connectivity index is 1.84. The highest BCUT2D eigenvalue weighted by molar-refractivity contribution is 9.10. The molecular formula is C18H13BrFN3O. The third-order valence-corrected chi connectivity index (χ3v) is 3.72. The number of hydrogen-bond donors (Lipinski definition) is 2. The first-order chi connectivity index (χ1) is 11.6. The molecule has 1 aromatic heterocycles. The molecule has 0 saturated carbocycles. The van der Waals surface area contributed by atoms with Crippen LogP contribution >= 0.6 is 15.9 Å². The van der Waals surface area contributed by atoms with E-state index in [1.54, 1.807) is 24.4 Å². The molecule has 0 bridgehead atoms. The van der Waals surface area contributed by atoms with Gasteiger partial charge in [-0.15, -0.1) is 0 Å². The van der Waals surface area contributed by atoms with E-state index >= 15 is 0 Å². The van der Waals surface area contributed by atoms with Crippen LogP contribution in [0.4, 0.5) is 21.6 Å². The van der Waals surface area contributed by atoms with E-state index in [0.29, 0.717) is 17.1 Å². The zero-order valence-electron chi connectivity index (χ0n) is 12.5. The number of nitrogens with one attached hydrogen (secondary N) is 2. The molecule has 0 aliphatic rings. The van der Waals surface area contributed by atoms with E-state index in [9.17, 15) is 9.18 Å². The van der Waals surface area contributed by atoms with E-state index in [1.807, 2.05) is 24.3 Å². The minimum atomic E-state index is -0.411. The Labute approximate surface area is 146 Å².